The zero-order chi connectivity index (χ0) is 20.1. The SMILES string of the molecule is CC(=O)CC1c2ccccc2-c2c(-c3ccccc3)c3cccc(C)c3c(=O)n21. The largest absolute Gasteiger partial charge is 0.300 e. The van der Waals surface area contributed by atoms with Gasteiger partial charge in [0.25, 0.3) is 5.56 Å². The van der Waals surface area contributed by atoms with Crippen LogP contribution in [0.3, 0.4) is 0 Å². The lowest BCUT2D eigenvalue weighted by molar-refractivity contribution is -0.117. The number of pyridine rings is 1. The molecule has 1 aliphatic rings. The molecule has 1 unspecified atom stereocenters. The highest BCUT2D eigenvalue weighted by atomic mass is 16.1. The highest BCUT2D eigenvalue weighted by Crippen LogP contribution is 2.47. The molecule has 5 rings (SSSR count). The number of Topliss-reactive ketones (excluding diaryl/α,β-unsaturated/α-hetero) is 1. The molecule has 0 amide bonds. The first kappa shape index (κ1) is 17.6. The number of benzene rings is 3. The summed E-state index contributed by atoms with van der Waals surface area (Å²) in [7, 11) is 0. The Morgan fingerprint density at radius 1 is 0.931 bits per heavy atom. The average Bonchev–Trinajstić information content (AvgIpc) is 3.03. The van der Waals surface area contributed by atoms with Crippen LogP contribution in [0.15, 0.2) is 77.6 Å². The van der Waals surface area contributed by atoms with Crippen molar-refractivity contribution in [3.63, 3.8) is 0 Å². The van der Waals surface area contributed by atoms with Gasteiger partial charge in [-0.15, -0.1) is 0 Å². The number of fused-ring (bicyclic) bond motifs is 4. The molecule has 0 radical (unpaired) electrons. The van der Waals surface area contributed by atoms with Crippen LogP contribution in [0.25, 0.3) is 33.2 Å². The van der Waals surface area contributed by atoms with E-state index in [1.165, 1.54) is 0 Å². The van der Waals surface area contributed by atoms with Crippen molar-refractivity contribution in [1.82, 2.24) is 4.57 Å². The van der Waals surface area contributed by atoms with Crippen molar-refractivity contribution in [2.75, 3.05) is 0 Å². The van der Waals surface area contributed by atoms with Crippen molar-refractivity contribution in [1.29, 1.82) is 0 Å². The smallest absolute Gasteiger partial charge is 0.259 e. The van der Waals surface area contributed by atoms with Crippen LogP contribution in [0.5, 0.6) is 0 Å². The minimum atomic E-state index is -0.266. The highest BCUT2D eigenvalue weighted by molar-refractivity contribution is 6.05. The van der Waals surface area contributed by atoms with E-state index in [1.54, 1.807) is 6.92 Å². The fraction of sp³-hybridized carbons (Fsp3) is 0.154. The maximum Gasteiger partial charge on any atom is 0.259 e. The maximum atomic E-state index is 13.7. The lowest BCUT2D eigenvalue weighted by atomic mass is 9.92. The van der Waals surface area contributed by atoms with Crippen LogP contribution in [-0.2, 0) is 4.79 Å². The summed E-state index contributed by atoms with van der Waals surface area (Å²) in [5.41, 5.74) is 6.07. The minimum Gasteiger partial charge on any atom is -0.300 e. The monoisotopic (exact) mass is 379 g/mol. The molecule has 4 aromatic rings. The average molecular weight is 379 g/mol. The third kappa shape index (κ3) is 2.58. The van der Waals surface area contributed by atoms with Crippen molar-refractivity contribution in [3.05, 3.63) is 94.3 Å². The van der Waals surface area contributed by atoms with Crippen LogP contribution in [-0.4, -0.2) is 10.4 Å². The molecule has 0 aliphatic carbocycles. The molecular weight excluding hydrogens is 358 g/mol. The summed E-state index contributed by atoms with van der Waals surface area (Å²) in [6.07, 6.45) is 0.315. The van der Waals surface area contributed by atoms with Gasteiger partial charge >= 0.3 is 0 Å². The molecule has 0 fully saturated rings. The third-order valence-corrected chi connectivity index (χ3v) is 5.88. The Hall–Kier alpha value is -3.46. The molecule has 0 saturated heterocycles. The molecule has 29 heavy (non-hydrogen) atoms. The molecule has 0 saturated carbocycles. The summed E-state index contributed by atoms with van der Waals surface area (Å²) in [6.45, 7) is 3.57. The Morgan fingerprint density at radius 3 is 2.41 bits per heavy atom. The summed E-state index contributed by atoms with van der Waals surface area (Å²) in [5.74, 6) is 0.0793. The van der Waals surface area contributed by atoms with Gasteiger partial charge < -0.3 is 0 Å². The zero-order valence-electron chi connectivity index (χ0n) is 16.5. The third-order valence-electron chi connectivity index (χ3n) is 5.88. The fourth-order valence-corrected chi connectivity index (χ4v) is 4.70. The summed E-state index contributed by atoms with van der Waals surface area (Å²) in [6, 6.07) is 24.1. The molecule has 1 aliphatic heterocycles. The van der Waals surface area contributed by atoms with Gasteiger partial charge in [0.2, 0.25) is 0 Å². The van der Waals surface area contributed by atoms with E-state index < -0.39 is 0 Å². The number of rotatable bonds is 3. The number of hydrogen-bond donors (Lipinski definition) is 0. The van der Waals surface area contributed by atoms with E-state index in [1.807, 2.05) is 66.1 Å². The molecule has 1 aromatic heterocycles. The second-order valence-corrected chi connectivity index (χ2v) is 7.77. The quantitative estimate of drug-likeness (QED) is 0.470. The number of aromatic nitrogens is 1. The molecule has 3 nitrogen and oxygen atoms in total. The van der Waals surface area contributed by atoms with E-state index >= 15 is 0 Å². The highest BCUT2D eigenvalue weighted by Gasteiger charge is 2.34. The molecule has 1 atom stereocenters. The van der Waals surface area contributed by atoms with Crippen molar-refractivity contribution in [2.24, 2.45) is 0 Å². The lowest BCUT2D eigenvalue weighted by Crippen LogP contribution is -2.25. The van der Waals surface area contributed by atoms with Gasteiger partial charge in [0.05, 0.1) is 17.1 Å². The van der Waals surface area contributed by atoms with E-state index in [4.69, 9.17) is 0 Å². The molecule has 2 heterocycles. The van der Waals surface area contributed by atoms with E-state index in [2.05, 4.69) is 18.2 Å². The topological polar surface area (TPSA) is 39.1 Å². The second kappa shape index (κ2) is 6.56. The molecular formula is C26H21NO2. The molecule has 3 heteroatoms. The first-order valence-electron chi connectivity index (χ1n) is 9.90. The molecule has 3 aromatic carbocycles. The summed E-state index contributed by atoms with van der Waals surface area (Å²) >= 11 is 0. The first-order chi connectivity index (χ1) is 14.1. The van der Waals surface area contributed by atoms with Gasteiger partial charge in [-0.25, -0.2) is 0 Å². The Labute approximate surface area is 169 Å². The predicted molar refractivity (Wildman–Crippen MR) is 117 cm³/mol. The van der Waals surface area contributed by atoms with Crippen LogP contribution < -0.4 is 5.56 Å². The Kier molecular flexibility index (Phi) is 3.99. The Balaban J connectivity index is 2.01. The number of nitrogens with zero attached hydrogens (tertiary/aromatic N) is 1. The number of aryl methyl sites for hydroxylation is 1. The maximum absolute atomic E-state index is 13.7. The summed E-state index contributed by atoms with van der Waals surface area (Å²) in [5, 5.41) is 1.70. The molecule has 0 N–H and O–H groups in total. The van der Waals surface area contributed by atoms with Crippen LogP contribution in [0.4, 0.5) is 0 Å². The van der Waals surface area contributed by atoms with Gasteiger partial charge in [-0.3, -0.25) is 14.2 Å². The van der Waals surface area contributed by atoms with Crippen LogP contribution in [0.2, 0.25) is 0 Å². The first-order valence-corrected chi connectivity index (χ1v) is 9.90. The Morgan fingerprint density at radius 2 is 1.66 bits per heavy atom. The zero-order valence-corrected chi connectivity index (χ0v) is 16.5. The van der Waals surface area contributed by atoms with Gasteiger partial charge in [-0.2, -0.15) is 0 Å². The fourth-order valence-electron chi connectivity index (χ4n) is 4.70. The van der Waals surface area contributed by atoms with Crippen molar-refractivity contribution in [2.45, 2.75) is 26.3 Å². The number of carbonyl (C=O) groups is 1. The molecule has 0 spiro atoms. The minimum absolute atomic E-state index is 0.0183. The van der Waals surface area contributed by atoms with Crippen molar-refractivity contribution in [3.8, 4) is 22.4 Å². The number of hydrogen-bond acceptors (Lipinski definition) is 2. The second-order valence-electron chi connectivity index (χ2n) is 7.77. The van der Waals surface area contributed by atoms with E-state index in [-0.39, 0.29) is 17.4 Å². The van der Waals surface area contributed by atoms with Gasteiger partial charge in [0.1, 0.15) is 5.78 Å². The van der Waals surface area contributed by atoms with Crippen LogP contribution in [0, 0.1) is 6.92 Å². The standard InChI is InChI=1S/C26H21NO2/c1-16-9-8-14-21-23(16)26(29)27-22(15-17(2)28)19-12-6-7-13-20(19)25(27)24(21)18-10-4-3-5-11-18/h3-14,22H,15H2,1-2H3. The normalized spacial score (nSPS) is 14.6. The van der Waals surface area contributed by atoms with Crippen molar-refractivity contribution >= 4 is 16.6 Å². The summed E-state index contributed by atoms with van der Waals surface area (Å²) < 4.78 is 1.86. The predicted octanol–water partition coefficient (Wildman–Crippen LogP) is 5.53. The van der Waals surface area contributed by atoms with Crippen LogP contribution >= 0.6 is 0 Å². The lowest BCUT2D eigenvalue weighted by Gasteiger charge is -2.19. The molecule has 142 valence electrons. The Bertz CT molecular complexity index is 1330. The van der Waals surface area contributed by atoms with Gasteiger partial charge in [-0.05, 0) is 35.9 Å². The van der Waals surface area contributed by atoms with Gasteiger partial charge in [-0.1, -0.05) is 72.8 Å². The molecule has 0 bridgehead atoms. The number of carbonyl (C=O) groups excluding carboxylic acids is 1. The van der Waals surface area contributed by atoms with E-state index in [0.717, 1.165) is 44.3 Å². The van der Waals surface area contributed by atoms with Crippen molar-refractivity contribution < 1.29 is 4.79 Å². The summed E-state index contributed by atoms with van der Waals surface area (Å²) in [4.78, 5) is 25.8. The van der Waals surface area contributed by atoms with E-state index in [9.17, 15) is 9.59 Å². The van der Waals surface area contributed by atoms with E-state index in [0.29, 0.717) is 6.42 Å². The number of ketones is 1. The van der Waals surface area contributed by atoms with Gasteiger partial charge in [0.15, 0.2) is 0 Å². The van der Waals surface area contributed by atoms with Gasteiger partial charge in [0, 0.05) is 17.5 Å². The van der Waals surface area contributed by atoms with Crippen LogP contribution in [0.1, 0.15) is 30.5 Å².